The first-order valence-electron chi connectivity index (χ1n) is 6.89. The van der Waals surface area contributed by atoms with Crippen LogP contribution in [0.15, 0.2) is 18.6 Å². The molecule has 0 saturated heterocycles. The van der Waals surface area contributed by atoms with Crippen LogP contribution >= 0.6 is 11.6 Å². The summed E-state index contributed by atoms with van der Waals surface area (Å²) < 4.78 is 43.1. The van der Waals surface area contributed by atoms with Crippen LogP contribution in [-0.2, 0) is 22.8 Å². The lowest BCUT2D eigenvalue weighted by atomic mass is 10.3. The molecule has 2 aromatic rings. The molecule has 0 aliphatic heterocycles. The van der Waals surface area contributed by atoms with Crippen LogP contribution in [0.25, 0.3) is 0 Å². The Bertz CT molecular complexity index is 698. The number of ether oxygens (including phenoxy) is 1. The maximum absolute atomic E-state index is 12.0. The van der Waals surface area contributed by atoms with Crippen molar-refractivity contribution in [3.05, 3.63) is 29.3 Å². The fraction of sp³-hybridized carbons (Fsp3) is 0.462. The van der Waals surface area contributed by atoms with Crippen LogP contribution in [0.1, 0.15) is 12.1 Å². The van der Waals surface area contributed by atoms with Crippen molar-refractivity contribution in [3.8, 4) is 0 Å². The number of anilines is 1. The number of carbonyl (C=O) groups is 1. The fourth-order valence-corrected chi connectivity index (χ4v) is 1.97. The highest BCUT2D eigenvalue weighted by atomic mass is 35.5. The normalized spacial score (nSPS) is 11.7. The Kier molecular flexibility index (Phi) is 5.84. The molecular weight excluding hydrogens is 351 g/mol. The van der Waals surface area contributed by atoms with E-state index >= 15 is 0 Å². The zero-order valence-corrected chi connectivity index (χ0v) is 13.4. The third kappa shape index (κ3) is 5.53. The number of nitrogens with one attached hydrogen (secondary N) is 1. The molecule has 1 N–H and O–H groups in total. The summed E-state index contributed by atoms with van der Waals surface area (Å²) in [6.45, 7) is 0.423. The van der Waals surface area contributed by atoms with E-state index in [2.05, 4.69) is 20.3 Å². The summed E-state index contributed by atoms with van der Waals surface area (Å²) in [6.07, 6.45) is -0.0265. The SMILES string of the molecule is Cc1c(Cl)cnn1CCC(=O)Nc1cnn(COCC(F)(F)F)c1. The molecule has 0 aromatic carbocycles. The van der Waals surface area contributed by atoms with E-state index in [0.29, 0.717) is 17.3 Å². The Labute approximate surface area is 140 Å². The van der Waals surface area contributed by atoms with Gasteiger partial charge in [-0.15, -0.1) is 0 Å². The van der Waals surface area contributed by atoms with Crippen molar-refractivity contribution in [1.29, 1.82) is 0 Å². The Morgan fingerprint density at radius 2 is 2.12 bits per heavy atom. The predicted octanol–water partition coefficient (Wildman–Crippen LogP) is 2.61. The van der Waals surface area contributed by atoms with Gasteiger partial charge < -0.3 is 10.1 Å². The number of aromatic nitrogens is 4. The van der Waals surface area contributed by atoms with Crippen LogP contribution < -0.4 is 5.32 Å². The van der Waals surface area contributed by atoms with Gasteiger partial charge in [-0.25, -0.2) is 4.68 Å². The van der Waals surface area contributed by atoms with Crippen molar-refractivity contribution >= 4 is 23.2 Å². The topological polar surface area (TPSA) is 74.0 Å². The van der Waals surface area contributed by atoms with E-state index in [1.54, 1.807) is 11.6 Å². The van der Waals surface area contributed by atoms with E-state index in [9.17, 15) is 18.0 Å². The summed E-state index contributed by atoms with van der Waals surface area (Å²) >= 11 is 5.87. The molecular formula is C13H15ClF3N5O2. The number of hydrogen-bond acceptors (Lipinski definition) is 4. The average Bonchev–Trinajstić information content (AvgIpc) is 3.04. The summed E-state index contributed by atoms with van der Waals surface area (Å²) in [4.78, 5) is 11.9. The number of alkyl halides is 3. The molecule has 0 aliphatic rings. The second-order valence-electron chi connectivity index (χ2n) is 4.96. The van der Waals surface area contributed by atoms with Crippen LogP contribution in [0.2, 0.25) is 5.02 Å². The highest BCUT2D eigenvalue weighted by molar-refractivity contribution is 6.31. The van der Waals surface area contributed by atoms with Crippen molar-refractivity contribution < 1.29 is 22.7 Å². The van der Waals surface area contributed by atoms with E-state index in [1.807, 2.05) is 0 Å². The molecule has 132 valence electrons. The smallest absolute Gasteiger partial charge is 0.350 e. The molecule has 0 fully saturated rings. The molecule has 2 rings (SSSR count). The number of aryl methyl sites for hydroxylation is 1. The second-order valence-corrected chi connectivity index (χ2v) is 5.37. The molecule has 2 aromatic heterocycles. The van der Waals surface area contributed by atoms with E-state index in [-0.39, 0.29) is 19.1 Å². The summed E-state index contributed by atoms with van der Waals surface area (Å²) in [5.41, 5.74) is 1.13. The molecule has 0 saturated carbocycles. The van der Waals surface area contributed by atoms with Gasteiger partial charge in [0.25, 0.3) is 0 Å². The van der Waals surface area contributed by atoms with Gasteiger partial charge in [-0.05, 0) is 6.92 Å². The van der Waals surface area contributed by atoms with E-state index < -0.39 is 12.8 Å². The van der Waals surface area contributed by atoms with Crippen LogP contribution in [0, 0.1) is 6.92 Å². The largest absolute Gasteiger partial charge is 0.411 e. The van der Waals surface area contributed by atoms with Gasteiger partial charge in [-0.3, -0.25) is 9.48 Å². The minimum absolute atomic E-state index is 0.161. The van der Waals surface area contributed by atoms with Crippen molar-refractivity contribution in [2.45, 2.75) is 32.8 Å². The van der Waals surface area contributed by atoms with Crippen LogP contribution in [0.5, 0.6) is 0 Å². The van der Waals surface area contributed by atoms with Crippen molar-refractivity contribution in [2.75, 3.05) is 11.9 Å². The van der Waals surface area contributed by atoms with Gasteiger partial charge in [0.1, 0.15) is 13.3 Å². The molecule has 1 amide bonds. The summed E-state index contributed by atoms with van der Waals surface area (Å²) in [7, 11) is 0. The number of nitrogens with zero attached hydrogens (tertiary/aromatic N) is 4. The molecule has 0 spiro atoms. The van der Waals surface area contributed by atoms with Crippen LogP contribution in [-0.4, -0.2) is 38.3 Å². The van der Waals surface area contributed by atoms with Crippen molar-refractivity contribution in [2.24, 2.45) is 0 Å². The van der Waals surface area contributed by atoms with Gasteiger partial charge in [-0.1, -0.05) is 11.6 Å². The molecule has 0 bridgehead atoms. The number of hydrogen-bond donors (Lipinski definition) is 1. The third-order valence-electron chi connectivity index (χ3n) is 3.00. The van der Waals surface area contributed by atoms with E-state index in [0.717, 1.165) is 10.4 Å². The highest BCUT2D eigenvalue weighted by Gasteiger charge is 2.27. The maximum atomic E-state index is 12.0. The van der Waals surface area contributed by atoms with Crippen molar-refractivity contribution in [3.63, 3.8) is 0 Å². The minimum atomic E-state index is -4.39. The van der Waals surface area contributed by atoms with Gasteiger partial charge in [0.05, 0.1) is 41.5 Å². The number of amides is 1. The lowest BCUT2D eigenvalue weighted by Gasteiger charge is -2.07. The molecule has 0 unspecified atom stereocenters. The second kappa shape index (κ2) is 7.67. The van der Waals surface area contributed by atoms with Crippen LogP contribution in [0.3, 0.4) is 0 Å². The molecule has 11 heteroatoms. The zero-order valence-electron chi connectivity index (χ0n) is 12.7. The number of halogens is 4. The van der Waals surface area contributed by atoms with Crippen molar-refractivity contribution in [1.82, 2.24) is 19.6 Å². The van der Waals surface area contributed by atoms with Crippen LogP contribution in [0.4, 0.5) is 18.9 Å². The number of rotatable bonds is 7. The molecule has 0 radical (unpaired) electrons. The predicted molar refractivity (Wildman–Crippen MR) is 79.5 cm³/mol. The molecule has 2 heterocycles. The maximum Gasteiger partial charge on any atom is 0.411 e. The van der Waals surface area contributed by atoms with E-state index in [4.69, 9.17) is 11.6 Å². The molecule has 24 heavy (non-hydrogen) atoms. The quantitative estimate of drug-likeness (QED) is 0.818. The van der Waals surface area contributed by atoms with E-state index in [1.165, 1.54) is 18.6 Å². The number of carbonyl (C=O) groups excluding carboxylic acids is 1. The summed E-state index contributed by atoms with van der Waals surface area (Å²) in [5, 5.41) is 10.9. The first-order valence-corrected chi connectivity index (χ1v) is 7.27. The monoisotopic (exact) mass is 365 g/mol. The Morgan fingerprint density at radius 3 is 2.75 bits per heavy atom. The van der Waals surface area contributed by atoms with Gasteiger partial charge in [0, 0.05) is 6.42 Å². The highest BCUT2D eigenvalue weighted by Crippen LogP contribution is 2.15. The minimum Gasteiger partial charge on any atom is -0.350 e. The zero-order chi connectivity index (χ0) is 17.7. The lowest BCUT2D eigenvalue weighted by Crippen LogP contribution is -2.18. The van der Waals surface area contributed by atoms with Gasteiger partial charge in [-0.2, -0.15) is 23.4 Å². The van der Waals surface area contributed by atoms with Gasteiger partial charge in [0.15, 0.2) is 0 Å². The summed E-state index contributed by atoms with van der Waals surface area (Å²) in [5.74, 6) is -0.281. The Morgan fingerprint density at radius 1 is 1.38 bits per heavy atom. The average molecular weight is 366 g/mol. The first-order chi connectivity index (χ1) is 11.2. The van der Waals surface area contributed by atoms with Gasteiger partial charge >= 0.3 is 6.18 Å². The standard InChI is InChI=1S/C13H15ClF3N5O2/c1-9-11(14)5-19-22(9)3-2-12(23)20-10-4-18-21(6-10)8-24-7-13(15,16)17/h4-6H,2-3,7-8H2,1H3,(H,20,23). The summed E-state index contributed by atoms with van der Waals surface area (Å²) in [6, 6.07) is 0. The third-order valence-corrected chi connectivity index (χ3v) is 3.37. The van der Waals surface area contributed by atoms with Gasteiger partial charge in [0.2, 0.25) is 5.91 Å². The molecule has 7 nitrogen and oxygen atoms in total. The first kappa shape index (κ1) is 18.3. The fourth-order valence-electron chi connectivity index (χ4n) is 1.83. The Balaban J connectivity index is 1.77. The lowest BCUT2D eigenvalue weighted by molar-refractivity contribution is -0.182. The molecule has 0 atom stereocenters. The Hall–Kier alpha value is -2.07. The molecule has 0 aliphatic carbocycles.